The predicted molar refractivity (Wildman–Crippen MR) is 76.8 cm³/mol. The Bertz CT molecular complexity index is 625. The second-order valence-electron chi connectivity index (χ2n) is 5.16. The standard InChI is InChI=1S/C14H19NO5S/c1-3-20-11-5-7-12(8-6-11)21(18,19)15-10-4-9-14(15,2)13(16)17/h5-8H,3-4,9-10H2,1-2H3,(H,16,17). The van der Waals surface area contributed by atoms with Gasteiger partial charge in [-0.1, -0.05) is 0 Å². The molecule has 0 spiro atoms. The molecule has 1 saturated heterocycles. The van der Waals surface area contributed by atoms with Crippen LogP contribution in [-0.4, -0.2) is 42.5 Å². The molecule has 1 aromatic rings. The number of ether oxygens (including phenoxy) is 1. The fraction of sp³-hybridized carbons (Fsp3) is 0.500. The molecule has 21 heavy (non-hydrogen) atoms. The normalized spacial score (nSPS) is 23.1. The number of carboxylic acids is 1. The minimum Gasteiger partial charge on any atom is -0.494 e. The van der Waals surface area contributed by atoms with Crippen LogP contribution in [0.25, 0.3) is 0 Å². The summed E-state index contributed by atoms with van der Waals surface area (Å²) >= 11 is 0. The van der Waals surface area contributed by atoms with Gasteiger partial charge >= 0.3 is 5.97 Å². The van der Waals surface area contributed by atoms with E-state index in [-0.39, 0.29) is 11.4 Å². The minimum atomic E-state index is -3.83. The van der Waals surface area contributed by atoms with Crippen LogP contribution in [0.2, 0.25) is 0 Å². The Morgan fingerprint density at radius 1 is 1.38 bits per heavy atom. The fourth-order valence-electron chi connectivity index (χ4n) is 2.54. The van der Waals surface area contributed by atoms with E-state index >= 15 is 0 Å². The Labute approximate surface area is 124 Å². The van der Waals surface area contributed by atoms with E-state index in [0.29, 0.717) is 25.2 Å². The zero-order valence-electron chi connectivity index (χ0n) is 12.1. The van der Waals surface area contributed by atoms with E-state index in [1.807, 2.05) is 6.92 Å². The van der Waals surface area contributed by atoms with Crippen molar-refractivity contribution in [3.8, 4) is 5.75 Å². The van der Waals surface area contributed by atoms with Gasteiger partial charge in [0.1, 0.15) is 11.3 Å². The van der Waals surface area contributed by atoms with Crippen molar-refractivity contribution in [3.05, 3.63) is 24.3 Å². The monoisotopic (exact) mass is 313 g/mol. The lowest BCUT2D eigenvalue weighted by Crippen LogP contribution is -2.50. The topological polar surface area (TPSA) is 83.9 Å². The molecule has 1 aromatic carbocycles. The van der Waals surface area contributed by atoms with Crippen LogP contribution in [0.3, 0.4) is 0 Å². The average molecular weight is 313 g/mol. The highest BCUT2D eigenvalue weighted by molar-refractivity contribution is 7.89. The molecule has 1 aliphatic heterocycles. The molecule has 0 aliphatic carbocycles. The van der Waals surface area contributed by atoms with Crippen molar-refractivity contribution in [1.29, 1.82) is 0 Å². The van der Waals surface area contributed by atoms with Crippen LogP contribution in [0.5, 0.6) is 5.75 Å². The molecule has 0 aromatic heterocycles. The van der Waals surface area contributed by atoms with Gasteiger partial charge in [0, 0.05) is 6.54 Å². The Morgan fingerprint density at radius 3 is 2.52 bits per heavy atom. The van der Waals surface area contributed by atoms with Gasteiger partial charge in [-0.2, -0.15) is 4.31 Å². The number of benzene rings is 1. The van der Waals surface area contributed by atoms with Gasteiger partial charge in [0.05, 0.1) is 11.5 Å². The third kappa shape index (κ3) is 2.75. The largest absolute Gasteiger partial charge is 0.494 e. The van der Waals surface area contributed by atoms with E-state index in [9.17, 15) is 18.3 Å². The summed E-state index contributed by atoms with van der Waals surface area (Å²) in [7, 11) is -3.83. The van der Waals surface area contributed by atoms with Crippen LogP contribution >= 0.6 is 0 Å². The smallest absolute Gasteiger partial charge is 0.324 e. The lowest BCUT2D eigenvalue weighted by Gasteiger charge is -2.30. The van der Waals surface area contributed by atoms with Gasteiger partial charge in [0.25, 0.3) is 0 Å². The number of sulfonamides is 1. The number of hydrogen-bond donors (Lipinski definition) is 1. The van der Waals surface area contributed by atoms with E-state index in [1.54, 1.807) is 12.1 Å². The van der Waals surface area contributed by atoms with Crippen LogP contribution in [0.4, 0.5) is 0 Å². The number of rotatable bonds is 5. The van der Waals surface area contributed by atoms with Crippen molar-refractivity contribution in [2.45, 2.75) is 37.1 Å². The van der Waals surface area contributed by atoms with Gasteiger partial charge < -0.3 is 9.84 Å². The number of aliphatic carboxylic acids is 1. The lowest BCUT2D eigenvalue weighted by molar-refractivity contribution is -0.146. The third-order valence-corrected chi connectivity index (χ3v) is 5.79. The summed E-state index contributed by atoms with van der Waals surface area (Å²) in [4.78, 5) is 11.5. The first-order chi connectivity index (χ1) is 9.82. The molecular weight excluding hydrogens is 294 g/mol. The van der Waals surface area contributed by atoms with Crippen LogP contribution in [0.1, 0.15) is 26.7 Å². The van der Waals surface area contributed by atoms with Crippen molar-refractivity contribution in [2.24, 2.45) is 0 Å². The van der Waals surface area contributed by atoms with Crippen LogP contribution in [0.15, 0.2) is 29.2 Å². The molecule has 0 amide bonds. The summed E-state index contributed by atoms with van der Waals surface area (Å²) in [6.07, 6.45) is 0.859. The molecule has 6 nitrogen and oxygen atoms in total. The Morgan fingerprint density at radius 2 is 2.00 bits per heavy atom. The number of nitrogens with zero attached hydrogens (tertiary/aromatic N) is 1. The minimum absolute atomic E-state index is 0.0836. The molecule has 0 radical (unpaired) electrons. The van der Waals surface area contributed by atoms with Crippen molar-refractivity contribution >= 4 is 16.0 Å². The SMILES string of the molecule is CCOc1ccc(S(=O)(=O)N2CCCC2(C)C(=O)O)cc1. The van der Waals surface area contributed by atoms with Gasteiger partial charge in [-0.15, -0.1) is 0 Å². The highest BCUT2D eigenvalue weighted by Crippen LogP contribution is 2.35. The number of carboxylic acid groups (broad SMARTS) is 1. The van der Waals surface area contributed by atoms with Crippen LogP contribution < -0.4 is 4.74 Å². The van der Waals surface area contributed by atoms with E-state index in [4.69, 9.17) is 4.74 Å². The maximum atomic E-state index is 12.6. The van der Waals surface area contributed by atoms with Crippen molar-refractivity contribution in [2.75, 3.05) is 13.2 Å². The van der Waals surface area contributed by atoms with Crippen LogP contribution in [0, 0.1) is 0 Å². The molecular formula is C14H19NO5S. The van der Waals surface area contributed by atoms with Gasteiger partial charge in [0.15, 0.2) is 0 Å². The Balaban J connectivity index is 2.35. The zero-order chi connectivity index (χ0) is 15.7. The Hall–Kier alpha value is -1.60. The van der Waals surface area contributed by atoms with Gasteiger partial charge in [-0.3, -0.25) is 4.79 Å². The molecule has 0 bridgehead atoms. The zero-order valence-corrected chi connectivity index (χ0v) is 12.9. The first kappa shape index (κ1) is 15.8. The van der Waals surface area contributed by atoms with Gasteiger partial charge in [0.2, 0.25) is 10.0 Å². The van der Waals surface area contributed by atoms with Crippen LogP contribution in [-0.2, 0) is 14.8 Å². The van der Waals surface area contributed by atoms with E-state index < -0.39 is 21.5 Å². The molecule has 1 heterocycles. The summed E-state index contributed by atoms with van der Waals surface area (Å²) < 4.78 is 31.6. The summed E-state index contributed by atoms with van der Waals surface area (Å²) in [6.45, 7) is 4.01. The molecule has 2 rings (SSSR count). The molecule has 1 N–H and O–H groups in total. The fourth-order valence-corrected chi connectivity index (χ4v) is 4.34. The summed E-state index contributed by atoms with van der Waals surface area (Å²) in [5, 5.41) is 9.34. The van der Waals surface area contributed by atoms with Gasteiger partial charge in [-0.25, -0.2) is 8.42 Å². The van der Waals surface area contributed by atoms with E-state index in [2.05, 4.69) is 0 Å². The van der Waals surface area contributed by atoms with Crippen molar-refractivity contribution in [3.63, 3.8) is 0 Å². The number of carbonyl (C=O) groups is 1. The first-order valence-corrected chi connectivity index (χ1v) is 8.25. The first-order valence-electron chi connectivity index (χ1n) is 6.81. The summed E-state index contributed by atoms with van der Waals surface area (Å²) in [6, 6.07) is 6.04. The quantitative estimate of drug-likeness (QED) is 0.894. The predicted octanol–water partition coefficient (Wildman–Crippen LogP) is 1.71. The van der Waals surface area contributed by atoms with E-state index in [0.717, 1.165) is 4.31 Å². The molecule has 1 unspecified atom stereocenters. The number of hydrogen-bond acceptors (Lipinski definition) is 4. The molecule has 1 fully saturated rings. The van der Waals surface area contributed by atoms with Crippen molar-refractivity contribution < 1.29 is 23.1 Å². The highest BCUT2D eigenvalue weighted by Gasteiger charge is 2.49. The second kappa shape index (κ2) is 5.65. The Kier molecular flexibility index (Phi) is 4.25. The molecule has 1 aliphatic rings. The maximum Gasteiger partial charge on any atom is 0.324 e. The molecule has 7 heteroatoms. The van der Waals surface area contributed by atoms with Crippen molar-refractivity contribution in [1.82, 2.24) is 4.31 Å². The summed E-state index contributed by atoms with van der Waals surface area (Å²) in [5.41, 5.74) is -1.38. The molecule has 1 atom stereocenters. The molecule has 116 valence electrons. The summed E-state index contributed by atoms with van der Waals surface area (Å²) in [5.74, 6) is -0.534. The highest BCUT2D eigenvalue weighted by atomic mass is 32.2. The lowest BCUT2D eigenvalue weighted by atomic mass is 10.0. The maximum absolute atomic E-state index is 12.6. The molecule has 0 saturated carbocycles. The second-order valence-corrected chi connectivity index (χ2v) is 7.03. The van der Waals surface area contributed by atoms with E-state index in [1.165, 1.54) is 19.1 Å². The van der Waals surface area contributed by atoms with Gasteiger partial charge in [-0.05, 0) is 51.0 Å². The average Bonchev–Trinajstić information content (AvgIpc) is 2.84. The third-order valence-electron chi connectivity index (χ3n) is 3.76.